The molecule has 1 aliphatic rings. The molecule has 0 fully saturated rings. The molecule has 2 aromatic rings. The van der Waals surface area contributed by atoms with Crippen molar-refractivity contribution in [3.63, 3.8) is 0 Å². The lowest BCUT2D eigenvalue weighted by molar-refractivity contribution is 0.400. The first-order valence-corrected chi connectivity index (χ1v) is 7.11. The van der Waals surface area contributed by atoms with Gasteiger partial charge in [0.25, 0.3) is 0 Å². The second-order valence-corrected chi connectivity index (χ2v) is 5.66. The van der Waals surface area contributed by atoms with Crippen LogP contribution in [-0.2, 0) is 6.42 Å². The first-order chi connectivity index (χ1) is 10.1. The number of hydrogen-bond donors (Lipinski definition) is 3. The summed E-state index contributed by atoms with van der Waals surface area (Å²) < 4.78 is 0. The van der Waals surface area contributed by atoms with Crippen molar-refractivity contribution in [3.05, 3.63) is 53.1 Å². The molecule has 110 valence electrons. The SMILES string of the molecule is CN(C)c1ccc(C2NCCc3cc(O)c(O)cc32)cc1. The molecule has 1 heterocycles. The van der Waals surface area contributed by atoms with Gasteiger partial charge in [0.2, 0.25) is 0 Å². The van der Waals surface area contributed by atoms with Gasteiger partial charge in [-0.25, -0.2) is 0 Å². The Morgan fingerprint density at radius 2 is 1.71 bits per heavy atom. The Balaban J connectivity index is 1.99. The van der Waals surface area contributed by atoms with E-state index in [-0.39, 0.29) is 17.5 Å². The standard InChI is InChI=1S/C17H20N2O2/c1-19(2)13-5-3-11(4-6-13)17-14-10-16(21)15(20)9-12(14)7-8-18-17/h3-6,9-10,17-18,20-21H,7-8H2,1-2H3. The average Bonchev–Trinajstić information content (AvgIpc) is 2.48. The summed E-state index contributed by atoms with van der Waals surface area (Å²) in [4.78, 5) is 2.07. The summed E-state index contributed by atoms with van der Waals surface area (Å²) in [5.41, 5.74) is 4.44. The molecule has 1 aliphatic heterocycles. The van der Waals surface area contributed by atoms with Gasteiger partial charge in [-0.05, 0) is 47.4 Å². The lowest BCUT2D eigenvalue weighted by atomic mass is 9.89. The Morgan fingerprint density at radius 1 is 1.05 bits per heavy atom. The minimum absolute atomic E-state index is 0.0441. The molecule has 0 spiro atoms. The zero-order chi connectivity index (χ0) is 15.0. The molecule has 3 N–H and O–H groups in total. The number of rotatable bonds is 2. The fourth-order valence-electron chi connectivity index (χ4n) is 2.84. The van der Waals surface area contributed by atoms with Crippen LogP contribution in [0.3, 0.4) is 0 Å². The van der Waals surface area contributed by atoms with Crippen LogP contribution in [0.5, 0.6) is 11.5 Å². The maximum absolute atomic E-state index is 9.77. The monoisotopic (exact) mass is 284 g/mol. The highest BCUT2D eigenvalue weighted by molar-refractivity contribution is 5.52. The molecule has 0 amide bonds. The van der Waals surface area contributed by atoms with Crippen LogP contribution in [0.4, 0.5) is 5.69 Å². The van der Waals surface area contributed by atoms with Crippen LogP contribution in [0.25, 0.3) is 0 Å². The van der Waals surface area contributed by atoms with Gasteiger partial charge in [-0.15, -0.1) is 0 Å². The minimum Gasteiger partial charge on any atom is -0.504 e. The van der Waals surface area contributed by atoms with E-state index in [1.165, 1.54) is 0 Å². The number of hydrogen-bond acceptors (Lipinski definition) is 4. The van der Waals surface area contributed by atoms with E-state index in [1.54, 1.807) is 12.1 Å². The topological polar surface area (TPSA) is 55.7 Å². The number of nitrogens with one attached hydrogen (secondary N) is 1. The van der Waals surface area contributed by atoms with Gasteiger partial charge in [-0.3, -0.25) is 0 Å². The van der Waals surface area contributed by atoms with Gasteiger partial charge in [0.1, 0.15) is 0 Å². The molecule has 0 saturated carbocycles. The van der Waals surface area contributed by atoms with Crippen molar-refractivity contribution in [3.8, 4) is 11.5 Å². The third-order valence-corrected chi connectivity index (χ3v) is 4.03. The average molecular weight is 284 g/mol. The van der Waals surface area contributed by atoms with Gasteiger partial charge in [0, 0.05) is 26.3 Å². The summed E-state index contributed by atoms with van der Waals surface area (Å²) in [5, 5.41) is 22.9. The molecule has 0 radical (unpaired) electrons. The van der Waals surface area contributed by atoms with Crippen LogP contribution in [0.1, 0.15) is 22.7 Å². The first kappa shape index (κ1) is 13.8. The van der Waals surface area contributed by atoms with E-state index in [0.717, 1.165) is 35.3 Å². The Labute approximate surface area is 124 Å². The van der Waals surface area contributed by atoms with Gasteiger partial charge in [0.15, 0.2) is 11.5 Å². The Bertz CT molecular complexity index is 651. The van der Waals surface area contributed by atoms with Crippen molar-refractivity contribution < 1.29 is 10.2 Å². The van der Waals surface area contributed by atoms with Crippen LogP contribution in [0.2, 0.25) is 0 Å². The quantitative estimate of drug-likeness (QED) is 0.741. The molecule has 2 aromatic carbocycles. The van der Waals surface area contributed by atoms with Crippen molar-refractivity contribution in [1.29, 1.82) is 0 Å². The van der Waals surface area contributed by atoms with Crippen molar-refractivity contribution in [2.45, 2.75) is 12.5 Å². The van der Waals surface area contributed by atoms with Crippen LogP contribution in [0.15, 0.2) is 36.4 Å². The van der Waals surface area contributed by atoms with Crippen LogP contribution in [-0.4, -0.2) is 30.9 Å². The van der Waals surface area contributed by atoms with E-state index < -0.39 is 0 Å². The summed E-state index contributed by atoms with van der Waals surface area (Å²) in [7, 11) is 4.04. The molecule has 1 atom stereocenters. The third-order valence-electron chi connectivity index (χ3n) is 4.03. The zero-order valence-electron chi connectivity index (χ0n) is 12.3. The molecule has 0 aromatic heterocycles. The largest absolute Gasteiger partial charge is 0.504 e. The Morgan fingerprint density at radius 3 is 2.38 bits per heavy atom. The predicted molar refractivity (Wildman–Crippen MR) is 84.1 cm³/mol. The lowest BCUT2D eigenvalue weighted by Crippen LogP contribution is -2.30. The molecular weight excluding hydrogens is 264 g/mol. The summed E-state index contributed by atoms with van der Waals surface area (Å²) in [6, 6.07) is 11.8. The fourth-order valence-corrected chi connectivity index (χ4v) is 2.84. The molecular formula is C17H20N2O2. The number of anilines is 1. The number of phenols is 2. The van der Waals surface area contributed by atoms with Crippen molar-refractivity contribution in [1.82, 2.24) is 5.32 Å². The van der Waals surface area contributed by atoms with Gasteiger partial charge in [-0.2, -0.15) is 0 Å². The smallest absolute Gasteiger partial charge is 0.157 e. The van der Waals surface area contributed by atoms with Gasteiger partial charge >= 0.3 is 0 Å². The van der Waals surface area contributed by atoms with Crippen molar-refractivity contribution in [2.75, 3.05) is 25.5 Å². The fraction of sp³-hybridized carbons (Fsp3) is 0.294. The van der Waals surface area contributed by atoms with Gasteiger partial charge < -0.3 is 20.4 Å². The number of fused-ring (bicyclic) bond motifs is 1. The van der Waals surface area contributed by atoms with E-state index in [2.05, 4.69) is 34.5 Å². The second-order valence-electron chi connectivity index (χ2n) is 5.66. The highest BCUT2D eigenvalue weighted by atomic mass is 16.3. The summed E-state index contributed by atoms with van der Waals surface area (Å²) >= 11 is 0. The number of benzene rings is 2. The Kier molecular flexibility index (Phi) is 3.47. The van der Waals surface area contributed by atoms with E-state index in [9.17, 15) is 10.2 Å². The maximum atomic E-state index is 9.77. The molecule has 3 rings (SSSR count). The van der Waals surface area contributed by atoms with E-state index in [1.807, 2.05) is 14.1 Å². The van der Waals surface area contributed by atoms with E-state index in [4.69, 9.17) is 0 Å². The highest BCUT2D eigenvalue weighted by Gasteiger charge is 2.23. The second kappa shape index (κ2) is 5.30. The summed E-state index contributed by atoms with van der Waals surface area (Å²) in [6.45, 7) is 0.858. The zero-order valence-corrected chi connectivity index (χ0v) is 12.3. The molecule has 0 aliphatic carbocycles. The third kappa shape index (κ3) is 2.54. The molecule has 21 heavy (non-hydrogen) atoms. The van der Waals surface area contributed by atoms with Crippen molar-refractivity contribution in [2.24, 2.45) is 0 Å². The van der Waals surface area contributed by atoms with E-state index >= 15 is 0 Å². The highest BCUT2D eigenvalue weighted by Crippen LogP contribution is 2.36. The maximum Gasteiger partial charge on any atom is 0.157 e. The molecule has 0 bridgehead atoms. The van der Waals surface area contributed by atoms with Crippen LogP contribution < -0.4 is 10.2 Å². The van der Waals surface area contributed by atoms with Crippen LogP contribution in [0, 0.1) is 0 Å². The molecule has 4 nitrogen and oxygen atoms in total. The molecule has 1 unspecified atom stereocenters. The first-order valence-electron chi connectivity index (χ1n) is 7.11. The lowest BCUT2D eigenvalue weighted by Gasteiger charge is -2.28. The number of phenolic OH excluding ortho intramolecular Hbond substituents is 2. The minimum atomic E-state index is -0.0626. The predicted octanol–water partition coefficient (Wildman–Crippen LogP) is 2.40. The van der Waals surface area contributed by atoms with Gasteiger partial charge in [0.05, 0.1) is 6.04 Å². The number of nitrogens with zero attached hydrogens (tertiary/aromatic N) is 1. The normalized spacial score (nSPS) is 17.3. The van der Waals surface area contributed by atoms with Crippen molar-refractivity contribution >= 4 is 5.69 Å². The Hall–Kier alpha value is -2.20. The summed E-state index contributed by atoms with van der Waals surface area (Å²) in [6.07, 6.45) is 0.857. The van der Waals surface area contributed by atoms with E-state index in [0.29, 0.717) is 0 Å². The summed E-state index contributed by atoms with van der Waals surface area (Å²) in [5.74, 6) is -0.107. The van der Waals surface area contributed by atoms with Crippen LogP contribution >= 0.6 is 0 Å². The molecule has 4 heteroatoms. The molecule has 0 saturated heterocycles. The number of aromatic hydroxyl groups is 2. The van der Waals surface area contributed by atoms with Gasteiger partial charge in [-0.1, -0.05) is 12.1 Å².